The number of fused-ring (bicyclic) bond motifs is 6. The molecule has 8 rings (SSSR count). The average molecular weight is 514 g/mol. The molecule has 0 saturated heterocycles. The monoisotopic (exact) mass is 513 g/mol. The van der Waals surface area contributed by atoms with Crippen LogP contribution in [-0.2, 0) is 0 Å². The molecule has 0 saturated carbocycles. The summed E-state index contributed by atoms with van der Waals surface area (Å²) in [7, 11) is 0. The van der Waals surface area contributed by atoms with Gasteiger partial charge in [-0.15, -0.1) is 11.3 Å². The van der Waals surface area contributed by atoms with Crippen molar-refractivity contribution < 1.29 is 0 Å². The first-order valence-electron chi connectivity index (χ1n) is 13.2. The second kappa shape index (κ2) is 8.90. The highest BCUT2D eigenvalue weighted by molar-refractivity contribution is 7.26. The van der Waals surface area contributed by atoms with E-state index in [-0.39, 0.29) is 0 Å². The van der Waals surface area contributed by atoms with Crippen molar-refractivity contribution >= 4 is 53.2 Å². The molecule has 0 N–H and O–H groups in total. The quantitative estimate of drug-likeness (QED) is 0.214. The Morgan fingerprint density at radius 3 is 1.97 bits per heavy atom. The average Bonchev–Trinajstić information content (AvgIpc) is 3.39. The van der Waals surface area contributed by atoms with Crippen molar-refractivity contribution in [3.05, 3.63) is 140 Å². The van der Waals surface area contributed by atoms with Crippen LogP contribution in [0.3, 0.4) is 0 Å². The maximum Gasteiger partial charge on any atom is 0.0786 e. The van der Waals surface area contributed by atoms with Crippen LogP contribution in [0.5, 0.6) is 0 Å². The number of rotatable bonds is 3. The highest BCUT2D eigenvalue weighted by atomic mass is 32.1. The minimum atomic E-state index is 1.05. The lowest BCUT2D eigenvalue weighted by molar-refractivity contribution is 1.43. The summed E-state index contributed by atoms with van der Waals surface area (Å²) in [4.78, 5) is 4.82. The molecule has 39 heavy (non-hydrogen) atoms. The van der Waals surface area contributed by atoms with Crippen LogP contribution in [0.4, 0.5) is 0 Å². The van der Waals surface area contributed by atoms with E-state index >= 15 is 0 Å². The van der Waals surface area contributed by atoms with Gasteiger partial charge in [0.25, 0.3) is 0 Å². The molecule has 2 heteroatoms. The van der Waals surface area contributed by atoms with Crippen molar-refractivity contribution in [3.8, 4) is 33.4 Å². The highest BCUT2D eigenvalue weighted by Gasteiger charge is 2.17. The number of pyridine rings is 1. The zero-order valence-electron chi connectivity index (χ0n) is 21.1. The third-order valence-electron chi connectivity index (χ3n) is 7.73. The number of hydrogen-bond acceptors (Lipinski definition) is 2. The smallest absolute Gasteiger partial charge is 0.0786 e. The Morgan fingerprint density at radius 2 is 1.13 bits per heavy atom. The molecular formula is C37H23NS. The zero-order chi connectivity index (χ0) is 25.8. The van der Waals surface area contributed by atoms with Gasteiger partial charge in [0, 0.05) is 37.1 Å². The second-order valence-corrected chi connectivity index (χ2v) is 11.0. The fraction of sp³-hybridized carbons (Fsp3) is 0. The van der Waals surface area contributed by atoms with Crippen LogP contribution in [0.1, 0.15) is 0 Å². The van der Waals surface area contributed by atoms with Gasteiger partial charge in [-0.3, -0.25) is 4.98 Å². The molecule has 8 aromatic rings. The standard InChI is InChI=1S/C37H23NS/c1-2-9-24(10-3-1)27-20-21-32-34(23-27)39-33-17-7-16-31(36(32)33)29-14-5-4-13-28(29)30-15-6-11-25-18-19-26-12-8-22-38-37(26)35(25)30/h1-23H. The van der Waals surface area contributed by atoms with Gasteiger partial charge < -0.3 is 0 Å². The number of nitrogens with zero attached hydrogens (tertiary/aromatic N) is 1. The molecule has 0 bridgehead atoms. The lowest BCUT2D eigenvalue weighted by Gasteiger charge is -2.15. The number of aromatic nitrogens is 1. The van der Waals surface area contributed by atoms with Gasteiger partial charge in [-0.05, 0) is 57.0 Å². The Balaban J connectivity index is 1.39. The van der Waals surface area contributed by atoms with Crippen LogP contribution < -0.4 is 0 Å². The van der Waals surface area contributed by atoms with Gasteiger partial charge in [0.1, 0.15) is 0 Å². The number of hydrogen-bond donors (Lipinski definition) is 0. The van der Waals surface area contributed by atoms with E-state index in [9.17, 15) is 0 Å². The zero-order valence-corrected chi connectivity index (χ0v) is 22.0. The first-order valence-corrected chi connectivity index (χ1v) is 14.0. The molecule has 0 radical (unpaired) electrons. The maximum atomic E-state index is 4.82. The van der Waals surface area contributed by atoms with E-state index in [1.165, 1.54) is 64.3 Å². The van der Waals surface area contributed by atoms with Crippen molar-refractivity contribution in [2.24, 2.45) is 0 Å². The van der Waals surface area contributed by atoms with E-state index in [1.807, 2.05) is 23.6 Å². The van der Waals surface area contributed by atoms with Gasteiger partial charge in [-0.1, -0.05) is 115 Å². The Morgan fingerprint density at radius 1 is 0.436 bits per heavy atom. The molecule has 0 aliphatic heterocycles. The molecule has 0 spiro atoms. The maximum absolute atomic E-state index is 4.82. The summed E-state index contributed by atoms with van der Waals surface area (Å²) in [6.45, 7) is 0. The Hall–Kier alpha value is -4.79. The van der Waals surface area contributed by atoms with Crippen LogP contribution in [0.25, 0.3) is 75.2 Å². The van der Waals surface area contributed by atoms with Gasteiger partial charge in [-0.25, -0.2) is 0 Å². The third-order valence-corrected chi connectivity index (χ3v) is 8.84. The summed E-state index contributed by atoms with van der Waals surface area (Å²) in [6, 6.07) is 48.2. The van der Waals surface area contributed by atoms with E-state index in [1.54, 1.807) is 0 Å². The summed E-state index contributed by atoms with van der Waals surface area (Å²) >= 11 is 1.88. The Bertz CT molecular complexity index is 2170. The number of benzene rings is 6. The topological polar surface area (TPSA) is 12.9 Å². The van der Waals surface area contributed by atoms with Crippen molar-refractivity contribution in [1.82, 2.24) is 4.98 Å². The van der Waals surface area contributed by atoms with Crippen LogP contribution in [0.15, 0.2) is 140 Å². The van der Waals surface area contributed by atoms with Crippen LogP contribution in [-0.4, -0.2) is 4.98 Å². The van der Waals surface area contributed by atoms with Gasteiger partial charge in [-0.2, -0.15) is 0 Å². The van der Waals surface area contributed by atoms with E-state index in [0.717, 1.165) is 10.9 Å². The molecule has 0 atom stereocenters. The van der Waals surface area contributed by atoms with Crippen molar-refractivity contribution in [2.45, 2.75) is 0 Å². The Kier molecular flexibility index (Phi) is 5.07. The van der Waals surface area contributed by atoms with E-state index in [4.69, 9.17) is 4.98 Å². The Labute approximate surface area is 230 Å². The summed E-state index contributed by atoms with van der Waals surface area (Å²) in [6.07, 6.45) is 1.90. The fourth-order valence-electron chi connectivity index (χ4n) is 5.95. The van der Waals surface area contributed by atoms with Gasteiger partial charge in [0.05, 0.1) is 5.52 Å². The molecule has 2 heterocycles. The van der Waals surface area contributed by atoms with Crippen molar-refractivity contribution in [2.75, 3.05) is 0 Å². The molecular weight excluding hydrogens is 490 g/mol. The normalized spacial score (nSPS) is 11.6. The summed E-state index contributed by atoms with van der Waals surface area (Å²) in [5, 5.41) is 6.21. The first-order chi connectivity index (χ1) is 19.3. The largest absolute Gasteiger partial charge is 0.256 e. The fourth-order valence-corrected chi connectivity index (χ4v) is 7.12. The van der Waals surface area contributed by atoms with E-state index in [2.05, 4.69) is 127 Å². The SMILES string of the molecule is c1ccc(-c2ccc3c(c2)sc2cccc(-c4ccccc4-c4cccc5ccc6cccnc6c45)c23)cc1. The minimum Gasteiger partial charge on any atom is -0.256 e. The van der Waals surface area contributed by atoms with Crippen LogP contribution >= 0.6 is 11.3 Å². The lowest BCUT2D eigenvalue weighted by Crippen LogP contribution is -1.89. The molecule has 182 valence electrons. The molecule has 0 aliphatic rings. The summed E-state index contributed by atoms with van der Waals surface area (Å²) in [5.41, 5.74) is 8.52. The summed E-state index contributed by atoms with van der Waals surface area (Å²) in [5.74, 6) is 0. The predicted molar refractivity (Wildman–Crippen MR) is 168 cm³/mol. The third kappa shape index (κ3) is 3.57. The van der Waals surface area contributed by atoms with Crippen LogP contribution in [0, 0.1) is 0 Å². The molecule has 0 amide bonds. The van der Waals surface area contributed by atoms with Gasteiger partial charge in [0.15, 0.2) is 0 Å². The lowest BCUT2D eigenvalue weighted by atomic mass is 9.89. The van der Waals surface area contributed by atoms with E-state index in [0.29, 0.717) is 0 Å². The second-order valence-electron chi connectivity index (χ2n) is 9.95. The van der Waals surface area contributed by atoms with Crippen molar-refractivity contribution in [1.29, 1.82) is 0 Å². The highest BCUT2D eigenvalue weighted by Crippen LogP contribution is 2.45. The molecule has 0 unspecified atom stereocenters. The molecule has 1 nitrogen and oxygen atoms in total. The molecule has 0 aliphatic carbocycles. The minimum absolute atomic E-state index is 1.05. The molecule has 2 aromatic heterocycles. The first kappa shape index (κ1) is 22.2. The molecule has 0 fully saturated rings. The van der Waals surface area contributed by atoms with E-state index < -0.39 is 0 Å². The van der Waals surface area contributed by atoms with Crippen LogP contribution in [0.2, 0.25) is 0 Å². The molecule has 6 aromatic carbocycles. The van der Waals surface area contributed by atoms with Gasteiger partial charge in [0.2, 0.25) is 0 Å². The predicted octanol–water partition coefficient (Wildman–Crippen LogP) is 10.8. The van der Waals surface area contributed by atoms with Crippen molar-refractivity contribution in [3.63, 3.8) is 0 Å². The van der Waals surface area contributed by atoms with Gasteiger partial charge >= 0.3 is 0 Å². The summed E-state index contributed by atoms with van der Waals surface area (Å²) < 4.78 is 2.63. The number of thiophene rings is 1.